The Labute approximate surface area is 92.4 Å². The van der Waals surface area contributed by atoms with Crippen molar-refractivity contribution in [1.29, 1.82) is 5.26 Å². The molecule has 0 heterocycles. The van der Waals surface area contributed by atoms with E-state index in [1.807, 2.05) is 0 Å². The summed E-state index contributed by atoms with van der Waals surface area (Å²) in [6, 6.07) is 1.75. The Morgan fingerprint density at radius 2 is 1.06 bits per heavy atom. The lowest BCUT2D eigenvalue weighted by atomic mass is 11.0. The first-order valence-corrected chi connectivity index (χ1v) is 5.31. The topological polar surface area (TPSA) is 288 Å². The maximum absolute atomic E-state index is 9.63. The van der Waals surface area contributed by atoms with Crippen LogP contribution in [0.5, 0.6) is 0 Å². The number of nitrogens with zero attached hydrogens (tertiary/aromatic N) is 1. The Balaban J connectivity index is -0.0000000324. The molecule has 0 aromatic carbocycles. The zero-order chi connectivity index (χ0) is 10.4. The van der Waals surface area contributed by atoms with Gasteiger partial charge >= 0.3 is 15.6 Å². The predicted molar refractivity (Wildman–Crippen MR) is 56.5 cm³/mol. The SMILES string of the molecule is CC#N.N.N.N.N.O=P(O)(O)OP(=O)(O)O. The minimum Gasteiger partial charge on any atom is -0.344 e. The lowest BCUT2D eigenvalue weighted by molar-refractivity contribution is 0.225. The van der Waals surface area contributed by atoms with E-state index in [0.717, 1.165) is 0 Å². The third-order valence-electron chi connectivity index (χ3n) is 0.213. The van der Waals surface area contributed by atoms with E-state index < -0.39 is 15.6 Å². The van der Waals surface area contributed by atoms with Crippen LogP contribution in [0.15, 0.2) is 0 Å². The molecule has 16 N–H and O–H groups in total. The maximum Gasteiger partial charge on any atom is 0.478 e. The van der Waals surface area contributed by atoms with Crippen molar-refractivity contribution in [3.8, 4) is 6.07 Å². The van der Waals surface area contributed by atoms with Gasteiger partial charge in [0.25, 0.3) is 0 Å². The van der Waals surface area contributed by atoms with E-state index in [0.29, 0.717) is 0 Å². The zero-order valence-corrected chi connectivity index (χ0v) is 10.5. The van der Waals surface area contributed by atoms with E-state index in [2.05, 4.69) is 4.31 Å². The minimum absolute atomic E-state index is 0. The first-order chi connectivity index (χ1) is 5.12. The lowest BCUT2D eigenvalue weighted by Gasteiger charge is -2.03. The molecule has 0 bridgehead atoms. The Kier molecular flexibility index (Phi) is 32.9. The Hall–Kier alpha value is -0.410. The summed E-state index contributed by atoms with van der Waals surface area (Å²) >= 11 is 0. The molecule has 0 atom stereocenters. The van der Waals surface area contributed by atoms with Crippen molar-refractivity contribution in [3.05, 3.63) is 0 Å². The van der Waals surface area contributed by atoms with Crippen molar-refractivity contribution < 1.29 is 33.0 Å². The van der Waals surface area contributed by atoms with Gasteiger partial charge in [0.05, 0.1) is 6.07 Å². The van der Waals surface area contributed by atoms with Crippen molar-refractivity contribution in [2.45, 2.75) is 6.92 Å². The third kappa shape index (κ3) is 68.9. The van der Waals surface area contributed by atoms with Crippen LogP contribution in [0.1, 0.15) is 6.92 Å². The predicted octanol–water partition coefficient (Wildman–Crippen LogP) is 0.366. The van der Waals surface area contributed by atoms with Gasteiger partial charge in [0.15, 0.2) is 0 Å². The van der Waals surface area contributed by atoms with E-state index in [4.69, 9.17) is 24.8 Å². The van der Waals surface area contributed by atoms with Gasteiger partial charge in [-0.2, -0.15) is 9.57 Å². The van der Waals surface area contributed by atoms with Gasteiger partial charge in [-0.05, 0) is 0 Å². The smallest absolute Gasteiger partial charge is 0.344 e. The highest BCUT2D eigenvalue weighted by Gasteiger charge is 2.27. The van der Waals surface area contributed by atoms with E-state index in [9.17, 15) is 9.13 Å². The fourth-order valence-corrected chi connectivity index (χ4v) is 1.25. The Bertz CT molecular complexity index is 232. The molecule has 0 aliphatic rings. The number of hydrogen-bond acceptors (Lipinski definition) is 8. The Morgan fingerprint density at radius 1 is 0.938 bits per heavy atom. The van der Waals surface area contributed by atoms with Crippen LogP contribution in [-0.2, 0) is 13.4 Å². The number of phosphoric acid groups is 2. The molecule has 0 rings (SSSR count). The molecule has 0 aliphatic heterocycles. The normalized spacial score (nSPS) is 8.25. The second-order valence-electron chi connectivity index (χ2n) is 1.29. The van der Waals surface area contributed by atoms with Crippen molar-refractivity contribution in [3.63, 3.8) is 0 Å². The van der Waals surface area contributed by atoms with Crippen LogP contribution in [-0.4, -0.2) is 19.6 Å². The van der Waals surface area contributed by atoms with Crippen LogP contribution in [0.3, 0.4) is 0 Å². The van der Waals surface area contributed by atoms with Crippen LogP contribution in [0.2, 0.25) is 0 Å². The summed E-state index contributed by atoms with van der Waals surface area (Å²) in [5.41, 5.74) is 0. The number of hydrogen-bond donors (Lipinski definition) is 8. The summed E-state index contributed by atoms with van der Waals surface area (Å²) in [5.74, 6) is 0. The number of nitriles is 1. The van der Waals surface area contributed by atoms with Gasteiger partial charge in [0.2, 0.25) is 0 Å². The summed E-state index contributed by atoms with van der Waals surface area (Å²) in [7, 11) is -10.1. The van der Waals surface area contributed by atoms with Crippen molar-refractivity contribution in [1.82, 2.24) is 24.6 Å². The molecule has 0 amide bonds. The van der Waals surface area contributed by atoms with Gasteiger partial charge in [0, 0.05) is 6.92 Å². The summed E-state index contributed by atoms with van der Waals surface area (Å²) in [5, 5.41) is 7.32. The van der Waals surface area contributed by atoms with Gasteiger partial charge in [-0.15, -0.1) is 0 Å². The highest BCUT2D eigenvalue weighted by atomic mass is 31.3. The van der Waals surface area contributed by atoms with Crippen molar-refractivity contribution in [2.24, 2.45) is 0 Å². The van der Waals surface area contributed by atoms with Crippen LogP contribution in [0.25, 0.3) is 0 Å². The fourth-order valence-electron chi connectivity index (χ4n) is 0.139. The molecule has 0 saturated heterocycles. The van der Waals surface area contributed by atoms with Crippen LogP contribution < -0.4 is 24.6 Å². The molecule has 0 aromatic heterocycles. The highest BCUT2D eigenvalue weighted by Crippen LogP contribution is 2.53. The van der Waals surface area contributed by atoms with E-state index in [1.165, 1.54) is 6.92 Å². The molecule has 0 fully saturated rings. The van der Waals surface area contributed by atoms with Gasteiger partial charge in [-0.25, -0.2) is 9.13 Å². The molecule has 0 aliphatic carbocycles. The second-order valence-corrected chi connectivity index (χ2v) is 3.90. The van der Waals surface area contributed by atoms with Crippen LogP contribution in [0, 0.1) is 11.3 Å². The molecule has 104 valence electrons. The largest absolute Gasteiger partial charge is 0.478 e. The van der Waals surface area contributed by atoms with Gasteiger partial charge in [0.1, 0.15) is 0 Å². The van der Waals surface area contributed by atoms with Gasteiger partial charge < -0.3 is 44.2 Å². The average Bonchev–Trinajstić information content (AvgIpc) is 1.53. The van der Waals surface area contributed by atoms with Crippen LogP contribution >= 0.6 is 15.6 Å². The fraction of sp³-hybridized carbons (Fsp3) is 0.500. The zero-order valence-electron chi connectivity index (χ0n) is 8.68. The first kappa shape index (κ1) is 36.1. The molecule has 0 aromatic rings. The first-order valence-electron chi connectivity index (χ1n) is 2.25. The van der Waals surface area contributed by atoms with E-state index >= 15 is 0 Å². The molecule has 0 saturated carbocycles. The molecule has 14 heteroatoms. The molecule has 16 heavy (non-hydrogen) atoms. The monoisotopic (exact) mass is 287 g/mol. The van der Waals surface area contributed by atoms with Gasteiger partial charge in [-0.1, -0.05) is 0 Å². The molecule has 0 unspecified atom stereocenters. The second kappa shape index (κ2) is 14.6. The summed E-state index contributed by atoms with van der Waals surface area (Å²) < 4.78 is 22.2. The molecule has 0 radical (unpaired) electrons. The van der Waals surface area contributed by atoms with Crippen LogP contribution in [0.4, 0.5) is 0 Å². The summed E-state index contributed by atoms with van der Waals surface area (Å²) in [6.07, 6.45) is 0. The summed E-state index contributed by atoms with van der Waals surface area (Å²) in [6.45, 7) is 1.43. The van der Waals surface area contributed by atoms with Crippen molar-refractivity contribution in [2.75, 3.05) is 0 Å². The number of rotatable bonds is 2. The van der Waals surface area contributed by atoms with Gasteiger partial charge in [-0.3, -0.25) is 0 Å². The molecule has 12 nitrogen and oxygen atoms in total. The average molecular weight is 287 g/mol. The highest BCUT2D eigenvalue weighted by molar-refractivity contribution is 7.60. The molecule has 0 spiro atoms. The standard InChI is InChI=1S/C2H3N.4H3N.H4O7P2/c1-2-3;;;;;1-8(2,3)7-9(4,5)6/h1H3;4*1H3;(H2,1,2,3)(H2,4,5,6). The summed E-state index contributed by atoms with van der Waals surface area (Å²) in [4.78, 5) is 31.0. The molecular formula is C2H19N5O7P2. The van der Waals surface area contributed by atoms with Crippen molar-refractivity contribution >= 4 is 15.6 Å². The van der Waals surface area contributed by atoms with E-state index in [-0.39, 0.29) is 24.6 Å². The third-order valence-corrected chi connectivity index (χ3v) is 1.91. The molecular weight excluding hydrogens is 268 g/mol. The Morgan fingerprint density at radius 3 is 1.06 bits per heavy atom. The maximum atomic E-state index is 9.63. The quantitative estimate of drug-likeness (QED) is 0.319. The van der Waals surface area contributed by atoms with E-state index in [1.54, 1.807) is 6.07 Å². The minimum atomic E-state index is -5.05. The lowest BCUT2D eigenvalue weighted by Crippen LogP contribution is -1.84.